The van der Waals surface area contributed by atoms with Gasteiger partial charge in [-0.1, -0.05) is 57.7 Å². The van der Waals surface area contributed by atoms with Crippen molar-refractivity contribution >= 4 is 5.69 Å². The Bertz CT molecular complexity index is 684. The molecule has 0 unspecified atom stereocenters. The lowest BCUT2D eigenvalue weighted by Crippen LogP contribution is -1.97. The van der Waals surface area contributed by atoms with E-state index in [9.17, 15) is 0 Å². The Morgan fingerprint density at radius 3 is 2.24 bits per heavy atom. The Labute approximate surface area is 128 Å². The second kappa shape index (κ2) is 6.50. The van der Waals surface area contributed by atoms with E-state index in [1.54, 1.807) is 0 Å². The zero-order chi connectivity index (χ0) is 15.4. The molecular formula is C20H23N. The smallest absolute Gasteiger partial charge is 0.0326 e. The van der Waals surface area contributed by atoms with Crippen molar-refractivity contribution in [1.82, 2.24) is 0 Å². The number of nitrogen functional groups attached to an aromatic ring is 1. The summed E-state index contributed by atoms with van der Waals surface area (Å²) < 4.78 is 0. The van der Waals surface area contributed by atoms with E-state index in [1.165, 1.54) is 11.1 Å². The van der Waals surface area contributed by atoms with Crippen molar-refractivity contribution in [1.29, 1.82) is 0 Å². The molecule has 108 valence electrons. The van der Waals surface area contributed by atoms with Crippen molar-refractivity contribution in [2.24, 2.45) is 0 Å². The Morgan fingerprint density at radius 1 is 0.857 bits per heavy atom. The highest BCUT2D eigenvalue weighted by molar-refractivity contribution is 5.52. The minimum atomic E-state index is 0.467. The van der Waals surface area contributed by atoms with Crippen molar-refractivity contribution in [3.8, 4) is 11.8 Å². The minimum Gasteiger partial charge on any atom is -0.399 e. The maximum atomic E-state index is 5.79. The van der Waals surface area contributed by atoms with Gasteiger partial charge in [0.05, 0.1) is 0 Å². The first-order valence-electron chi connectivity index (χ1n) is 7.48. The van der Waals surface area contributed by atoms with Crippen molar-refractivity contribution in [2.45, 2.75) is 39.5 Å². The molecule has 0 radical (unpaired) electrons. The normalized spacial score (nSPS) is 10.6. The van der Waals surface area contributed by atoms with Gasteiger partial charge in [-0.2, -0.15) is 0 Å². The topological polar surface area (TPSA) is 26.0 Å². The fourth-order valence-electron chi connectivity index (χ4n) is 2.29. The van der Waals surface area contributed by atoms with Gasteiger partial charge < -0.3 is 5.73 Å². The molecule has 0 amide bonds. The van der Waals surface area contributed by atoms with Crippen LogP contribution in [0.4, 0.5) is 5.69 Å². The van der Waals surface area contributed by atoms with Crippen LogP contribution in [0.15, 0.2) is 42.5 Å². The lowest BCUT2D eigenvalue weighted by Gasteiger charge is -2.13. The maximum Gasteiger partial charge on any atom is 0.0326 e. The van der Waals surface area contributed by atoms with Gasteiger partial charge in [-0.25, -0.2) is 0 Å². The molecule has 1 heteroatoms. The van der Waals surface area contributed by atoms with E-state index >= 15 is 0 Å². The van der Waals surface area contributed by atoms with Gasteiger partial charge in [0.2, 0.25) is 0 Å². The van der Waals surface area contributed by atoms with Crippen molar-refractivity contribution < 1.29 is 0 Å². The molecule has 0 aliphatic rings. The second-order valence-corrected chi connectivity index (χ2v) is 6.03. The summed E-state index contributed by atoms with van der Waals surface area (Å²) >= 11 is 0. The van der Waals surface area contributed by atoms with Crippen LogP contribution in [0.1, 0.15) is 61.8 Å². The highest BCUT2D eigenvalue weighted by atomic mass is 14.5. The predicted molar refractivity (Wildman–Crippen MR) is 91.5 cm³/mol. The van der Waals surface area contributed by atoms with Gasteiger partial charge in [0, 0.05) is 16.8 Å². The van der Waals surface area contributed by atoms with Crippen LogP contribution in [0.25, 0.3) is 0 Å². The maximum absolute atomic E-state index is 5.79. The number of anilines is 1. The summed E-state index contributed by atoms with van der Waals surface area (Å²) in [7, 11) is 0. The zero-order valence-corrected chi connectivity index (χ0v) is 13.3. The van der Waals surface area contributed by atoms with Crippen molar-refractivity contribution in [3.05, 3.63) is 64.7 Å². The predicted octanol–water partition coefficient (Wildman–Crippen LogP) is 4.92. The summed E-state index contributed by atoms with van der Waals surface area (Å²) in [4.78, 5) is 0. The van der Waals surface area contributed by atoms with Gasteiger partial charge in [0.15, 0.2) is 0 Å². The number of benzene rings is 2. The highest BCUT2D eigenvalue weighted by Gasteiger charge is 2.08. The fraction of sp³-hybridized carbons (Fsp3) is 0.300. The molecule has 0 aliphatic carbocycles. The fourth-order valence-corrected chi connectivity index (χ4v) is 2.29. The summed E-state index contributed by atoms with van der Waals surface area (Å²) in [6.45, 7) is 8.87. The van der Waals surface area contributed by atoms with E-state index in [0.29, 0.717) is 11.8 Å². The van der Waals surface area contributed by atoms with E-state index in [-0.39, 0.29) is 0 Å². The standard InChI is InChI=1S/C20H23N/c1-14(2)18-11-10-17(20(13-18)15(3)4)9-8-16-6-5-7-19(21)12-16/h5-7,10-15H,21H2,1-4H3. The molecule has 0 spiro atoms. The van der Waals surface area contributed by atoms with Crippen LogP contribution in [-0.4, -0.2) is 0 Å². The lowest BCUT2D eigenvalue weighted by molar-refractivity contribution is 0.831. The third-order valence-corrected chi connectivity index (χ3v) is 3.59. The summed E-state index contributed by atoms with van der Waals surface area (Å²) in [6, 6.07) is 14.3. The molecule has 0 aliphatic heterocycles. The monoisotopic (exact) mass is 277 g/mol. The molecule has 0 heterocycles. The molecule has 2 aromatic rings. The van der Waals surface area contributed by atoms with Crippen LogP contribution in [0.3, 0.4) is 0 Å². The highest BCUT2D eigenvalue weighted by Crippen LogP contribution is 2.24. The van der Waals surface area contributed by atoms with Gasteiger partial charge in [-0.05, 0) is 47.2 Å². The molecular weight excluding hydrogens is 254 g/mol. The molecule has 0 aromatic heterocycles. The van der Waals surface area contributed by atoms with Crippen LogP contribution >= 0.6 is 0 Å². The SMILES string of the molecule is CC(C)c1ccc(C#Cc2cccc(N)c2)c(C(C)C)c1. The number of nitrogens with two attached hydrogens (primary N) is 1. The number of hydrogen-bond donors (Lipinski definition) is 1. The van der Waals surface area contributed by atoms with E-state index in [0.717, 1.165) is 16.8 Å². The summed E-state index contributed by atoms with van der Waals surface area (Å²) in [5, 5.41) is 0. The molecule has 21 heavy (non-hydrogen) atoms. The van der Waals surface area contributed by atoms with E-state index < -0.39 is 0 Å². The van der Waals surface area contributed by atoms with Gasteiger partial charge in [0.1, 0.15) is 0 Å². The third-order valence-electron chi connectivity index (χ3n) is 3.59. The molecule has 0 saturated heterocycles. The van der Waals surface area contributed by atoms with Crippen molar-refractivity contribution in [2.75, 3.05) is 5.73 Å². The molecule has 2 N–H and O–H groups in total. The molecule has 1 nitrogen and oxygen atoms in total. The Morgan fingerprint density at radius 2 is 1.62 bits per heavy atom. The lowest BCUT2D eigenvalue weighted by atomic mass is 9.91. The van der Waals surface area contributed by atoms with Gasteiger partial charge in [-0.3, -0.25) is 0 Å². The van der Waals surface area contributed by atoms with Crippen LogP contribution in [-0.2, 0) is 0 Å². The Balaban J connectivity index is 2.41. The van der Waals surface area contributed by atoms with Crippen LogP contribution in [0.5, 0.6) is 0 Å². The molecule has 0 saturated carbocycles. The van der Waals surface area contributed by atoms with E-state index in [4.69, 9.17) is 5.73 Å². The number of rotatable bonds is 2. The van der Waals surface area contributed by atoms with E-state index in [2.05, 4.69) is 57.7 Å². The number of hydrogen-bond acceptors (Lipinski definition) is 1. The molecule has 2 aromatic carbocycles. The zero-order valence-electron chi connectivity index (χ0n) is 13.3. The first kappa shape index (κ1) is 15.2. The molecule has 0 atom stereocenters. The van der Waals surface area contributed by atoms with Gasteiger partial charge in [0.25, 0.3) is 0 Å². The average Bonchev–Trinajstić information content (AvgIpc) is 2.44. The first-order valence-corrected chi connectivity index (χ1v) is 7.48. The van der Waals surface area contributed by atoms with Crippen molar-refractivity contribution in [3.63, 3.8) is 0 Å². The summed E-state index contributed by atoms with van der Waals surface area (Å²) in [6.07, 6.45) is 0. The molecule has 0 fully saturated rings. The Kier molecular flexibility index (Phi) is 4.70. The second-order valence-electron chi connectivity index (χ2n) is 6.03. The van der Waals surface area contributed by atoms with Gasteiger partial charge >= 0.3 is 0 Å². The third kappa shape index (κ3) is 3.89. The average molecular weight is 277 g/mol. The molecule has 0 bridgehead atoms. The Hall–Kier alpha value is -2.20. The first-order chi connectivity index (χ1) is 9.97. The summed E-state index contributed by atoms with van der Waals surface area (Å²) in [5.74, 6) is 7.52. The van der Waals surface area contributed by atoms with Crippen LogP contribution < -0.4 is 5.73 Å². The minimum absolute atomic E-state index is 0.467. The van der Waals surface area contributed by atoms with Crippen LogP contribution in [0, 0.1) is 11.8 Å². The largest absolute Gasteiger partial charge is 0.399 e. The van der Waals surface area contributed by atoms with E-state index in [1.807, 2.05) is 24.3 Å². The summed E-state index contributed by atoms with van der Waals surface area (Å²) in [5.41, 5.74) is 11.3. The quantitative estimate of drug-likeness (QED) is 0.612. The molecule has 2 rings (SSSR count). The van der Waals surface area contributed by atoms with Gasteiger partial charge in [-0.15, -0.1) is 0 Å². The van der Waals surface area contributed by atoms with Crippen LogP contribution in [0.2, 0.25) is 0 Å².